The van der Waals surface area contributed by atoms with Crippen LogP contribution in [0.4, 0.5) is 0 Å². The lowest BCUT2D eigenvalue weighted by Gasteiger charge is -2.12. The van der Waals surface area contributed by atoms with Crippen LogP contribution in [0.25, 0.3) is 22.2 Å². The van der Waals surface area contributed by atoms with Crippen molar-refractivity contribution in [2.45, 2.75) is 25.3 Å². The molecule has 2 aromatic carbocycles. The summed E-state index contributed by atoms with van der Waals surface area (Å²) in [5, 5.41) is 9.38. The van der Waals surface area contributed by atoms with Gasteiger partial charge < -0.3 is 10.2 Å². The molecule has 0 radical (unpaired) electrons. The number of carbonyl (C=O) groups is 1. The van der Waals surface area contributed by atoms with Crippen molar-refractivity contribution < 1.29 is 9.21 Å². The second kappa shape index (κ2) is 10.8. The number of rotatable bonds is 10. The molecule has 1 aromatic heterocycles. The van der Waals surface area contributed by atoms with Gasteiger partial charge in [-0.05, 0) is 41.8 Å². The summed E-state index contributed by atoms with van der Waals surface area (Å²) < 4.78 is 9.61. The van der Waals surface area contributed by atoms with Gasteiger partial charge in [0, 0.05) is 32.0 Å². The molecule has 1 atom stereocenters. The minimum absolute atomic E-state index is 0.155. The minimum Gasteiger partial charge on any atom is -0.408 e. The van der Waals surface area contributed by atoms with Crippen LogP contribution in [-0.4, -0.2) is 23.1 Å². The predicted molar refractivity (Wildman–Crippen MR) is 120 cm³/mol. The van der Waals surface area contributed by atoms with Crippen molar-refractivity contribution in [3.63, 3.8) is 0 Å². The summed E-state index contributed by atoms with van der Waals surface area (Å²) in [6, 6.07) is 15.3. The molecule has 0 aliphatic carbocycles. The number of benzene rings is 2. The van der Waals surface area contributed by atoms with Crippen LogP contribution in [0.15, 0.2) is 51.7 Å². The Morgan fingerprint density at radius 2 is 2.00 bits per heavy atom. The van der Waals surface area contributed by atoms with Gasteiger partial charge in [-0.1, -0.05) is 30.3 Å². The third kappa shape index (κ3) is 5.96. The van der Waals surface area contributed by atoms with Gasteiger partial charge in [0.1, 0.15) is 6.04 Å². The number of aromatic nitrogens is 1. The molecule has 0 saturated heterocycles. The van der Waals surface area contributed by atoms with Crippen LogP contribution >= 0.6 is 12.1 Å². The van der Waals surface area contributed by atoms with Gasteiger partial charge in [0.2, 0.25) is 5.91 Å². The molecule has 1 unspecified atom stereocenters. The quantitative estimate of drug-likeness (QED) is 0.212. The van der Waals surface area contributed by atoms with E-state index in [1.807, 2.05) is 36.4 Å². The first-order valence-corrected chi connectivity index (χ1v) is 10.6. The predicted octanol–water partition coefficient (Wildman–Crippen LogP) is 1.75. The van der Waals surface area contributed by atoms with Gasteiger partial charge in [-0.25, -0.2) is 9.52 Å². The molecule has 3 rings (SSSR count). The summed E-state index contributed by atoms with van der Waals surface area (Å²) in [5.74, 6) is -0.544. The molecule has 0 saturated carbocycles. The van der Waals surface area contributed by atoms with Gasteiger partial charge in [-0.15, -0.1) is 0 Å². The van der Waals surface area contributed by atoms with Gasteiger partial charge >= 0.3 is 5.76 Å². The van der Waals surface area contributed by atoms with Crippen LogP contribution in [-0.2, 0) is 18.3 Å². The Morgan fingerprint density at radius 3 is 2.71 bits per heavy atom. The number of carbonyl (C=O) groups excluding carboxylic acids is 1. The normalized spacial score (nSPS) is 11.9. The Bertz CT molecular complexity index is 1130. The first-order valence-electron chi connectivity index (χ1n) is 9.75. The standard InChI is InChI=1S/C21H24N6O3S/c1-27-18-12-16(8-9-19(18)30-21(27)29)15-6-4-14(5-7-15)11-17(13-23)25-31-26-24-20(28)3-2-10-22/h4-9,12,17,25-26H,2-3,10-11,22H2,1H3,(H,24,28). The van der Waals surface area contributed by atoms with Gasteiger partial charge in [-0.3, -0.25) is 14.8 Å². The van der Waals surface area contributed by atoms with Crippen molar-refractivity contribution in [2.24, 2.45) is 12.8 Å². The molecule has 9 nitrogen and oxygen atoms in total. The van der Waals surface area contributed by atoms with E-state index in [1.165, 1.54) is 4.57 Å². The van der Waals surface area contributed by atoms with Crippen LogP contribution in [0.2, 0.25) is 0 Å². The molecule has 0 bridgehead atoms. The minimum atomic E-state index is -0.443. The van der Waals surface area contributed by atoms with Crippen LogP contribution in [0, 0.1) is 11.3 Å². The highest BCUT2D eigenvalue weighted by molar-refractivity contribution is 7.95. The number of nitrogens with zero attached hydrogens (tertiary/aromatic N) is 2. The highest BCUT2D eigenvalue weighted by Gasteiger charge is 2.10. The third-order valence-corrected chi connectivity index (χ3v) is 5.33. The summed E-state index contributed by atoms with van der Waals surface area (Å²) in [6.45, 7) is 0.464. The van der Waals surface area contributed by atoms with Crippen LogP contribution in [0.3, 0.4) is 0 Å². The van der Waals surface area contributed by atoms with Gasteiger partial charge in [0.05, 0.1) is 11.6 Å². The fourth-order valence-corrected chi connectivity index (χ4v) is 3.50. The number of nitrogens with one attached hydrogen (secondary N) is 3. The topological polar surface area (TPSA) is 138 Å². The number of amides is 1. The summed E-state index contributed by atoms with van der Waals surface area (Å²) in [5.41, 5.74) is 12.1. The highest BCUT2D eigenvalue weighted by Crippen LogP contribution is 2.24. The van der Waals surface area contributed by atoms with Crippen LogP contribution in [0.1, 0.15) is 18.4 Å². The van der Waals surface area contributed by atoms with Gasteiger partial charge in [-0.2, -0.15) is 10.1 Å². The largest absolute Gasteiger partial charge is 0.419 e. The molecule has 0 aliphatic rings. The Balaban J connectivity index is 1.56. The van der Waals surface area contributed by atoms with Crippen LogP contribution in [0.5, 0.6) is 0 Å². The smallest absolute Gasteiger partial charge is 0.408 e. The molecule has 1 amide bonds. The molecule has 31 heavy (non-hydrogen) atoms. The van der Waals surface area contributed by atoms with Gasteiger partial charge in [0.25, 0.3) is 0 Å². The fraction of sp³-hybridized carbons (Fsp3) is 0.286. The Labute approximate surface area is 183 Å². The fourth-order valence-electron chi connectivity index (χ4n) is 3.00. The molecule has 0 fully saturated rings. The van der Waals surface area contributed by atoms with Crippen molar-refractivity contribution in [2.75, 3.05) is 6.54 Å². The number of oxazole rings is 1. The second-order valence-electron chi connectivity index (χ2n) is 6.95. The zero-order valence-electron chi connectivity index (χ0n) is 17.1. The monoisotopic (exact) mass is 440 g/mol. The zero-order valence-corrected chi connectivity index (χ0v) is 17.9. The summed E-state index contributed by atoms with van der Waals surface area (Å²) in [4.78, 5) is 25.8. The number of hydrazine groups is 1. The van der Waals surface area contributed by atoms with E-state index in [-0.39, 0.29) is 11.7 Å². The number of nitrogens with two attached hydrogens (primary N) is 1. The van der Waals surface area contributed by atoms with E-state index < -0.39 is 6.04 Å². The molecule has 162 valence electrons. The Hall–Kier alpha value is -3.10. The number of nitriles is 1. The van der Waals surface area contributed by atoms with E-state index in [0.29, 0.717) is 31.4 Å². The lowest BCUT2D eigenvalue weighted by Crippen LogP contribution is -2.37. The van der Waals surface area contributed by atoms with E-state index >= 15 is 0 Å². The maximum Gasteiger partial charge on any atom is 0.419 e. The maximum atomic E-state index is 11.7. The van der Waals surface area contributed by atoms with E-state index in [4.69, 9.17) is 10.2 Å². The Kier molecular flexibility index (Phi) is 7.86. The number of fused-ring (bicyclic) bond motifs is 1. The van der Waals surface area contributed by atoms with E-state index in [0.717, 1.165) is 34.3 Å². The lowest BCUT2D eigenvalue weighted by molar-refractivity contribution is -0.121. The first-order chi connectivity index (χ1) is 15.0. The lowest BCUT2D eigenvalue weighted by atomic mass is 10.0. The summed E-state index contributed by atoms with van der Waals surface area (Å²) >= 11 is 1.05. The average molecular weight is 441 g/mol. The molecule has 10 heteroatoms. The summed E-state index contributed by atoms with van der Waals surface area (Å²) in [7, 11) is 1.68. The average Bonchev–Trinajstić information content (AvgIpc) is 3.07. The van der Waals surface area contributed by atoms with E-state index in [1.54, 1.807) is 13.1 Å². The first kappa shape index (κ1) is 22.6. The number of aryl methyl sites for hydroxylation is 1. The van der Waals surface area contributed by atoms with Crippen molar-refractivity contribution >= 4 is 29.1 Å². The molecule has 3 aromatic rings. The van der Waals surface area contributed by atoms with Crippen molar-refractivity contribution in [3.8, 4) is 17.2 Å². The highest BCUT2D eigenvalue weighted by atomic mass is 32.2. The molecular weight excluding hydrogens is 416 g/mol. The molecule has 0 spiro atoms. The van der Waals surface area contributed by atoms with Crippen molar-refractivity contribution in [1.82, 2.24) is 19.5 Å². The molecular formula is C21H24N6O3S. The Morgan fingerprint density at radius 1 is 1.26 bits per heavy atom. The van der Waals surface area contributed by atoms with E-state index in [2.05, 4.69) is 21.0 Å². The third-order valence-electron chi connectivity index (χ3n) is 4.72. The SMILES string of the molecule is Cn1c(=O)oc2ccc(-c3ccc(CC(C#N)NSNNC(=O)CCCN)cc3)cc21. The van der Waals surface area contributed by atoms with Crippen LogP contribution < -0.4 is 26.5 Å². The maximum absolute atomic E-state index is 11.7. The number of hydrogen-bond donors (Lipinski definition) is 4. The molecule has 1 heterocycles. The van der Waals surface area contributed by atoms with E-state index in [9.17, 15) is 14.9 Å². The molecule has 0 aliphatic heterocycles. The number of hydrogen-bond acceptors (Lipinski definition) is 8. The second-order valence-corrected chi connectivity index (χ2v) is 7.60. The zero-order chi connectivity index (χ0) is 22.2. The summed E-state index contributed by atoms with van der Waals surface area (Å²) in [6.07, 6.45) is 1.47. The van der Waals surface area contributed by atoms with Crippen molar-refractivity contribution in [3.05, 3.63) is 58.6 Å². The molecule has 5 N–H and O–H groups in total. The van der Waals surface area contributed by atoms with Gasteiger partial charge in [0.15, 0.2) is 5.58 Å². The van der Waals surface area contributed by atoms with Crippen molar-refractivity contribution in [1.29, 1.82) is 5.26 Å².